The van der Waals surface area contributed by atoms with Gasteiger partial charge in [-0.25, -0.2) is 0 Å². The number of rotatable bonds is 0. The molecule has 0 bridgehead atoms. The summed E-state index contributed by atoms with van der Waals surface area (Å²) in [6.45, 7) is 14.2. The summed E-state index contributed by atoms with van der Waals surface area (Å²) in [4.78, 5) is 0. The molecule has 0 saturated heterocycles. The molecule has 29 heavy (non-hydrogen) atoms. The van der Waals surface area contributed by atoms with Gasteiger partial charge >= 0.3 is 0 Å². The first-order chi connectivity index (χ1) is 13.9. The molecular weight excluding hydrogens is 351 g/mol. The summed E-state index contributed by atoms with van der Waals surface area (Å²) in [6.07, 6.45) is 5.06. The SMILES string of the molecule is CC.CC.[B]C1(C)C=Cc2c3c(c4cc(C)ccc4c2O1)-c1cc(C)ccc1C3. The van der Waals surface area contributed by atoms with Gasteiger partial charge in [0.15, 0.2) is 0 Å². The molecule has 0 amide bonds. The first-order valence-corrected chi connectivity index (χ1v) is 10.8. The minimum atomic E-state index is -0.763. The zero-order chi connectivity index (χ0) is 21.3. The van der Waals surface area contributed by atoms with E-state index in [1.54, 1.807) is 0 Å². The van der Waals surface area contributed by atoms with Crippen molar-refractivity contribution in [1.29, 1.82) is 0 Å². The Bertz CT molecular complexity index is 1090. The van der Waals surface area contributed by atoms with Gasteiger partial charge in [0.1, 0.15) is 13.6 Å². The first-order valence-electron chi connectivity index (χ1n) is 10.8. The fourth-order valence-corrected chi connectivity index (χ4v) is 4.19. The molecule has 0 spiro atoms. The molecule has 1 nitrogen and oxygen atoms in total. The van der Waals surface area contributed by atoms with E-state index in [0.29, 0.717) is 0 Å². The average Bonchev–Trinajstić information content (AvgIpc) is 3.09. The van der Waals surface area contributed by atoms with Gasteiger partial charge in [-0.1, -0.05) is 87.4 Å². The lowest BCUT2D eigenvalue weighted by Gasteiger charge is -2.31. The highest BCUT2D eigenvalue weighted by Crippen LogP contribution is 2.50. The van der Waals surface area contributed by atoms with Crippen LogP contribution in [0.4, 0.5) is 0 Å². The summed E-state index contributed by atoms with van der Waals surface area (Å²) in [5.74, 6) is 0.922. The third-order valence-electron chi connectivity index (χ3n) is 5.37. The number of fused-ring (bicyclic) bond motifs is 8. The van der Waals surface area contributed by atoms with Crippen molar-refractivity contribution in [2.45, 2.75) is 60.4 Å². The summed E-state index contributed by atoms with van der Waals surface area (Å²) in [5, 5.41) is 2.42. The Labute approximate surface area is 177 Å². The highest BCUT2D eigenvalue weighted by atomic mass is 16.5. The van der Waals surface area contributed by atoms with Crippen LogP contribution < -0.4 is 4.74 Å². The second kappa shape index (κ2) is 8.10. The maximum atomic E-state index is 6.25. The molecule has 0 saturated carbocycles. The van der Waals surface area contributed by atoms with Gasteiger partial charge in [0.25, 0.3) is 0 Å². The molecule has 1 atom stereocenters. The van der Waals surface area contributed by atoms with Crippen LogP contribution in [0.1, 0.15) is 62.4 Å². The van der Waals surface area contributed by atoms with E-state index in [1.807, 2.05) is 40.7 Å². The molecule has 1 aliphatic carbocycles. The van der Waals surface area contributed by atoms with Gasteiger partial charge in [-0.15, -0.1) is 0 Å². The Morgan fingerprint density at radius 1 is 0.897 bits per heavy atom. The molecule has 2 aliphatic rings. The van der Waals surface area contributed by atoms with E-state index < -0.39 is 5.50 Å². The molecule has 3 aromatic rings. The molecule has 1 aliphatic heterocycles. The minimum Gasteiger partial charge on any atom is -0.492 e. The summed E-state index contributed by atoms with van der Waals surface area (Å²) in [5.41, 5.74) is 8.47. The largest absolute Gasteiger partial charge is 0.492 e. The Kier molecular flexibility index (Phi) is 5.94. The molecule has 0 fully saturated rings. The van der Waals surface area contributed by atoms with E-state index in [-0.39, 0.29) is 0 Å². The summed E-state index contributed by atoms with van der Waals surface area (Å²) < 4.78 is 6.21. The second-order valence-electron chi connectivity index (χ2n) is 7.60. The molecule has 2 radical (unpaired) electrons. The molecular formula is C27H31BO. The van der Waals surface area contributed by atoms with Crippen LogP contribution in [0.3, 0.4) is 0 Å². The van der Waals surface area contributed by atoms with Crippen LogP contribution in [0.2, 0.25) is 0 Å². The van der Waals surface area contributed by atoms with Crippen molar-refractivity contribution in [2.75, 3.05) is 0 Å². The third kappa shape index (κ3) is 3.61. The van der Waals surface area contributed by atoms with Crippen LogP contribution >= 0.6 is 0 Å². The van der Waals surface area contributed by atoms with Gasteiger partial charge in [-0.05, 0) is 54.8 Å². The lowest BCUT2D eigenvalue weighted by Crippen LogP contribution is -2.32. The van der Waals surface area contributed by atoms with Crippen molar-refractivity contribution in [3.05, 3.63) is 70.3 Å². The summed E-state index contributed by atoms with van der Waals surface area (Å²) in [7, 11) is 6.25. The molecule has 0 N–H and O–H groups in total. The van der Waals surface area contributed by atoms with Crippen LogP contribution in [0.25, 0.3) is 28.0 Å². The normalized spacial score (nSPS) is 17.8. The van der Waals surface area contributed by atoms with E-state index in [2.05, 4.69) is 56.3 Å². The van der Waals surface area contributed by atoms with E-state index in [1.165, 1.54) is 44.3 Å². The van der Waals surface area contributed by atoms with E-state index in [0.717, 1.165) is 17.6 Å². The van der Waals surface area contributed by atoms with Crippen molar-refractivity contribution in [2.24, 2.45) is 0 Å². The van der Waals surface area contributed by atoms with E-state index in [4.69, 9.17) is 12.6 Å². The maximum Gasteiger partial charge on any atom is 0.137 e. The van der Waals surface area contributed by atoms with Crippen molar-refractivity contribution in [1.82, 2.24) is 0 Å². The van der Waals surface area contributed by atoms with Crippen molar-refractivity contribution >= 4 is 24.7 Å². The number of aryl methyl sites for hydroxylation is 2. The predicted octanol–water partition coefficient (Wildman–Crippen LogP) is 7.37. The second-order valence-corrected chi connectivity index (χ2v) is 7.60. The van der Waals surface area contributed by atoms with Gasteiger partial charge in [-0.2, -0.15) is 0 Å². The van der Waals surface area contributed by atoms with Gasteiger partial charge in [-0.3, -0.25) is 0 Å². The van der Waals surface area contributed by atoms with Crippen LogP contribution in [-0.4, -0.2) is 13.3 Å². The molecule has 2 heteroatoms. The van der Waals surface area contributed by atoms with Crippen LogP contribution in [0.15, 0.2) is 42.5 Å². The number of hydrogen-bond donors (Lipinski definition) is 0. The van der Waals surface area contributed by atoms with Crippen molar-refractivity contribution in [3.63, 3.8) is 0 Å². The lowest BCUT2D eigenvalue weighted by atomic mass is 9.80. The number of hydrogen-bond acceptors (Lipinski definition) is 1. The quantitative estimate of drug-likeness (QED) is 0.289. The topological polar surface area (TPSA) is 9.23 Å². The number of benzene rings is 3. The minimum absolute atomic E-state index is 0.763. The average molecular weight is 382 g/mol. The molecule has 3 aromatic carbocycles. The Morgan fingerprint density at radius 3 is 2.28 bits per heavy atom. The van der Waals surface area contributed by atoms with Gasteiger partial charge in [0.2, 0.25) is 0 Å². The molecule has 1 unspecified atom stereocenters. The number of ether oxygens (including phenoxy) is 1. The zero-order valence-corrected chi connectivity index (χ0v) is 18.8. The highest BCUT2D eigenvalue weighted by molar-refractivity contribution is 6.17. The monoisotopic (exact) mass is 382 g/mol. The summed E-state index contributed by atoms with van der Waals surface area (Å²) >= 11 is 0. The Morgan fingerprint density at radius 2 is 1.55 bits per heavy atom. The molecule has 148 valence electrons. The highest BCUT2D eigenvalue weighted by Gasteiger charge is 2.31. The van der Waals surface area contributed by atoms with E-state index in [9.17, 15) is 0 Å². The standard InChI is InChI=1S/C23H19BO.2C2H6/c1-13-4-6-15-12-20-17-8-9-23(3,24)25-22(17)16-7-5-14(2)11-19(16)21(20)18(15)10-13;2*1-2/h4-11H,12H2,1-3H3;2*1-2H3. The smallest absolute Gasteiger partial charge is 0.137 e. The third-order valence-corrected chi connectivity index (χ3v) is 5.37. The van der Waals surface area contributed by atoms with Crippen molar-refractivity contribution < 1.29 is 4.74 Å². The maximum absolute atomic E-state index is 6.25. The van der Waals surface area contributed by atoms with Crippen molar-refractivity contribution in [3.8, 4) is 16.9 Å². The Balaban J connectivity index is 0.000000568. The van der Waals surface area contributed by atoms with Crippen LogP contribution in [0, 0.1) is 13.8 Å². The molecule has 1 heterocycles. The van der Waals surface area contributed by atoms with Crippen LogP contribution in [0.5, 0.6) is 5.75 Å². The summed E-state index contributed by atoms with van der Waals surface area (Å²) in [6, 6.07) is 13.4. The van der Waals surface area contributed by atoms with Gasteiger partial charge in [0, 0.05) is 10.9 Å². The first kappa shape index (κ1) is 21.2. The fourth-order valence-electron chi connectivity index (χ4n) is 4.19. The molecule has 0 aromatic heterocycles. The molecule has 5 rings (SSSR count). The van der Waals surface area contributed by atoms with Gasteiger partial charge in [0.05, 0.1) is 5.50 Å². The Hall–Kier alpha value is -2.48. The lowest BCUT2D eigenvalue weighted by molar-refractivity contribution is 0.227. The zero-order valence-electron chi connectivity index (χ0n) is 18.8. The van der Waals surface area contributed by atoms with Crippen LogP contribution in [-0.2, 0) is 6.42 Å². The van der Waals surface area contributed by atoms with Gasteiger partial charge < -0.3 is 4.74 Å². The fraction of sp³-hybridized carbons (Fsp3) is 0.333. The predicted molar refractivity (Wildman–Crippen MR) is 128 cm³/mol. The van der Waals surface area contributed by atoms with E-state index >= 15 is 0 Å².